The normalized spacial score (nSPS) is 11.1. The third-order valence-electron chi connectivity index (χ3n) is 2.37. The third-order valence-corrected chi connectivity index (χ3v) is 2.99. The molecule has 0 amide bonds. The number of aromatic nitrogens is 3. The van der Waals surface area contributed by atoms with Crippen LogP contribution >= 0.6 is 11.8 Å². The zero-order chi connectivity index (χ0) is 13.8. The summed E-state index contributed by atoms with van der Waals surface area (Å²) in [5.74, 6) is -0.399. The molecule has 0 radical (unpaired) electrons. The van der Waals surface area contributed by atoms with E-state index < -0.39 is 5.82 Å². The molecule has 2 rings (SSSR count). The second-order valence-electron chi connectivity index (χ2n) is 3.66. The quantitative estimate of drug-likeness (QED) is 0.633. The van der Waals surface area contributed by atoms with E-state index >= 15 is 0 Å². The average molecular weight is 278 g/mol. The molecule has 0 aliphatic carbocycles. The molecule has 0 aliphatic heterocycles. The molecule has 0 bridgehead atoms. The Balaban J connectivity index is 2.47. The largest absolute Gasteiger partial charge is 0.296 e. The molecule has 0 atom stereocenters. The van der Waals surface area contributed by atoms with Crippen molar-refractivity contribution in [3.8, 4) is 0 Å². The van der Waals surface area contributed by atoms with E-state index in [-0.39, 0.29) is 11.3 Å². The summed E-state index contributed by atoms with van der Waals surface area (Å²) in [7, 11) is 0. The van der Waals surface area contributed by atoms with E-state index in [1.165, 1.54) is 24.0 Å². The lowest BCUT2D eigenvalue weighted by Gasteiger charge is -2.03. The highest BCUT2D eigenvalue weighted by Crippen LogP contribution is 2.08. The molecule has 0 N–H and O–H groups in total. The summed E-state index contributed by atoms with van der Waals surface area (Å²) in [5, 5.41) is 11.9. The molecule has 0 spiro atoms. The summed E-state index contributed by atoms with van der Waals surface area (Å²) in [4.78, 5) is 11.9. The molecule has 0 saturated carbocycles. The standard InChI is InChI=1S/C12H11FN4OS/c1-8-11(18)17(12(19-2)16-15-8)14-7-9-5-3-4-6-10(9)13/h3-7H,1-2H3/b14-7-. The van der Waals surface area contributed by atoms with Crippen molar-refractivity contribution in [2.45, 2.75) is 12.1 Å². The Labute approximate surface area is 113 Å². The van der Waals surface area contributed by atoms with Crippen LogP contribution in [0.25, 0.3) is 0 Å². The van der Waals surface area contributed by atoms with Crippen LogP contribution in [0.4, 0.5) is 4.39 Å². The Morgan fingerprint density at radius 1 is 1.37 bits per heavy atom. The van der Waals surface area contributed by atoms with Gasteiger partial charge in [0.2, 0.25) is 5.16 Å². The van der Waals surface area contributed by atoms with Gasteiger partial charge in [0.1, 0.15) is 11.5 Å². The Bertz CT molecular complexity index is 684. The van der Waals surface area contributed by atoms with Gasteiger partial charge in [-0.3, -0.25) is 4.79 Å². The first-order chi connectivity index (χ1) is 9.13. The van der Waals surface area contributed by atoms with Crippen molar-refractivity contribution in [2.24, 2.45) is 5.10 Å². The predicted octanol–water partition coefficient (Wildman–Crippen LogP) is 1.69. The number of aryl methyl sites for hydroxylation is 1. The van der Waals surface area contributed by atoms with Gasteiger partial charge in [0.15, 0.2) is 0 Å². The Kier molecular flexibility index (Phi) is 4.06. The lowest BCUT2D eigenvalue weighted by atomic mass is 10.2. The smallest absolute Gasteiger partial charge is 0.265 e. The number of hydrogen-bond acceptors (Lipinski definition) is 5. The molecule has 5 nitrogen and oxygen atoms in total. The van der Waals surface area contributed by atoms with Crippen LogP contribution in [-0.2, 0) is 0 Å². The van der Waals surface area contributed by atoms with Crippen LogP contribution in [0.1, 0.15) is 11.3 Å². The predicted molar refractivity (Wildman–Crippen MR) is 72.2 cm³/mol. The van der Waals surface area contributed by atoms with E-state index in [0.29, 0.717) is 10.7 Å². The van der Waals surface area contributed by atoms with Crippen molar-refractivity contribution in [1.82, 2.24) is 14.9 Å². The minimum absolute atomic E-state index is 0.239. The third kappa shape index (κ3) is 2.87. The fourth-order valence-electron chi connectivity index (χ4n) is 1.37. The molecule has 7 heteroatoms. The van der Waals surface area contributed by atoms with Crippen molar-refractivity contribution in [3.63, 3.8) is 0 Å². The maximum absolute atomic E-state index is 13.4. The highest BCUT2D eigenvalue weighted by molar-refractivity contribution is 7.98. The average Bonchev–Trinajstić information content (AvgIpc) is 2.42. The minimum atomic E-state index is -0.399. The molecule has 1 aromatic carbocycles. The molecule has 0 aliphatic rings. The number of hydrogen-bond donors (Lipinski definition) is 0. The lowest BCUT2D eigenvalue weighted by molar-refractivity contribution is 0.621. The van der Waals surface area contributed by atoms with Crippen LogP contribution in [-0.4, -0.2) is 27.3 Å². The molecule has 1 aromatic heterocycles. The Morgan fingerprint density at radius 2 is 2.11 bits per heavy atom. The van der Waals surface area contributed by atoms with E-state index in [1.807, 2.05) is 0 Å². The van der Waals surface area contributed by atoms with Crippen LogP contribution in [0.5, 0.6) is 0 Å². The van der Waals surface area contributed by atoms with Crippen molar-refractivity contribution in [2.75, 3.05) is 6.26 Å². The van der Waals surface area contributed by atoms with E-state index in [2.05, 4.69) is 15.3 Å². The van der Waals surface area contributed by atoms with Crippen LogP contribution in [0.15, 0.2) is 39.3 Å². The number of thioether (sulfide) groups is 1. The topological polar surface area (TPSA) is 60.1 Å². The highest BCUT2D eigenvalue weighted by atomic mass is 32.2. The van der Waals surface area contributed by atoms with E-state index in [9.17, 15) is 9.18 Å². The molecular formula is C12H11FN4OS. The van der Waals surface area contributed by atoms with Gasteiger partial charge < -0.3 is 0 Å². The number of benzene rings is 1. The van der Waals surface area contributed by atoms with Crippen molar-refractivity contribution < 1.29 is 4.39 Å². The maximum atomic E-state index is 13.4. The zero-order valence-electron chi connectivity index (χ0n) is 10.4. The van der Waals surface area contributed by atoms with Gasteiger partial charge in [-0.15, -0.1) is 10.2 Å². The fourth-order valence-corrected chi connectivity index (χ4v) is 1.80. The van der Waals surface area contributed by atoms with E-state index in [1.54, 1.807) is 31.4 Å². The van der Waals surface area contributed by atoms with Crippen LogP contribution < -0.4 is 5.56 Å². The van der Waals surface area contributed by atoms with Gasteiger partial charge in [-0.25, -0.2) is 4.39 Å². The monoisotopic (exact) mass is 278 g/mol. The number of rotatable bonds is 3. The minimum Gasteiger partial charge on any atom is -0.265 e. The molecule has 98 valence electrons. The van der Waals surface area contributed by atoms with Gasteiger partial charge in [0, 0.05) is 5.56 Å². The van der Waals surface area contributed by atoms with Crippen LogP contribution in [0.3, 0.4) is 0 Å². The van der Waals surface area contributed by atoms with Crippen molar-refractivity contribution in [1.29, 1.82) is 0 Å². The van der Waals surface area contributed by atoms with Crippen LogP contribution in [0.2, 0.25) is 0 Å². The van der Waals surface area contributed by atoms with E-state index in [4.69, 9.17) is 0 Å². The second-order valence-corrected chi connectivity index (χ2v) is 4.43. The van der Waals surface area contributed by atoms with Gasteiger partial charge in [0.25, 0.3) is 5.56 Å². The Morgan fingerprint density at radius 3 is 2.79 bits per heavy atom. The number of halogens is 1. The van der Waals surface area contributed by atoms with Gasteiger partial charge in [-0.1, -0.05) is 30.0 Å². The second kappa shape index (κ2) is 5.75. The summed E-state index contributed by atoms with van der Waals surface area (Å²) < 4.78 is 14.6. The maximum Gasteiger partial charge on any atom is 0.296 e. The van der Waals surface area contributed by atoms with Crippen molar-refractivity contribution >= 4 is 18.0 Å². The molecule has 0 fully saturated rings. The first-order valence-corrected chi connectivity index (χ1v) is 6.65. The summed E-state index contributed by atoms with van der Waals surface area (Å²) in [5.41, 5.74) is 0.173. The summed E-state index contributed by atoms with van der Waals surface area (Å²) in [6.07, 6.45) is 3.05. The highest BCUT2D eigenvalue weighted by Gasteiger charge is 2.07. The van der Waals surface area contributed by atoms with Gasteiger partial charge >= 0.3 is 0 Å². The van der Waals surface area contributed by atoms with Crippen LogP contribution in [0, 0.1) is 12.7 Å². The SMILES string of the molecule is CSc1nnc(C)c(=O)n1/N=C\c1ccccc1F. The number of nitrogens with zero attached hydrogens (tertiary/aromatic N) is 4. The molecule has 0 unspecified atom stereocenters. The fraction of sp³-hybridized carbons (Fsp3) is 0.167. The first kappa shape index (κ1) is 13.4. The molecule has 0 saturated heterocycles. The van der Waals surface area contributed by atoms with Gasteiger partial charge in [0.05, 0.1) is 6.21 Å². The summed E-state index contributed by atoms with van der Waals surface area (Å²) in [6, 6.07) is 6.18. The lowest BCUT2D eigenvalue weighted by Crippen LogP contribution is -2.23. The van der Waals surface area contributed by atoms with E-state index in [0.717, 1.165) is 4.68 Å². The zero-order valence-corrected chi connectivity index (χ0v) is 11.2. The Hall–Kier alpha value is -2.02. The van der Waals surface area contributed by atoms with Crippen molar-refractivity contribution in [3.05, 3.63) is 51.7 Å². The van der Waals surface area contributed by atoms with Gasteiger partial charge in [-0.05, 0) is 19.2 Å². The molecule has 19 heavy (non-hydrogen) atoms. The molecule has 2 aromatic rings. The summed E-state index contributed by atoms with van der Waals surface area (Å²) in [6.45, 7) is 1.55. The first-order valence-electron chi connectivity index (χ1n) is 5.42. The molecular weight excluding hydrogens is 267 g/mol. The molecule has 1 heterocycles. The van der Waals surface area contributed by atoms with Gasteiger partial charge in [-0.2, -0.15) is 9.78 Å². The summed E-state index contributed by atoms with van der Waals surface area (Å²) >= 11 is 1.24.